The average molecular weight is 209 g/mol. The highest BCUT2D eigenvalue weighted by molar-refractivity contribution is 4.92. The lowest BCUT2D eigenvalue weighted by Crippen LogP contribution is -2.53. The Morgan fingerprint density at radius 2 is 1.60 bits per heavy atom. The first-order valence-corrected chi connectivity index (χ1v) is 6.82. The van der Waals surface area contributed by atoms with Gasteiger partial charge in [0.05, 0.1) is 12.2 Å². The molecular weight excluding hydrogens is 186 g/mol. The lowest BCUT2D eigenvalue weighted by molar-refractivity contribution is -0.0798. The van der Waals surface area contributed by atoms with E-state index in [4.69, 9.17) is 4.74 Å². The number of hydrogen-bond donors (Lipinski definition) is 1. The molecule has 1 N–H and O–H groups in total. The van der Waals surface area contributed by atoms with Crippen molar-refractivity contribution in [3.63, 3.8) is 0 Å². The lowest BCUT2D eigenvalue weighted by atomic mass is 9.92. The van der Waals surface area contributed by atoms with Crippen molar-refractivity contribution >= 4 is 0 Å². The van der Waals surface area contributed by atoms with E-state index < -0.39 is 0 Å². The van der Waals surface area contributed by atoms with Gasteiger partial charge in [-0.2, -0.15) is 0 Å². The molecule has 2 nitrogen and oxygen atoms in total. The highest BCUT2D eigenvalue weighted by atomic mass is 16.5. The number of rotatable bonds is 1. The Bertz CT molecular complexity index is 215. The molecule has 0 amide bonds. The standard InChI is InChI=1S/C13H23NO/c1-2-4-6-12-11(5-3-1)14-9-13(15-12)10-7-8-10/h10-14H,1-9H2. The zero-order valence-corrected chi connectivity index (χ0v) is 9.58. The molecule has 3 atom stereocenters. The lowest BCUT2D eigenvalue weighted by Gasteiger charge is -2.39. The third kappa shape index (κ3) is 2.36. The van der Waals surface area contributed by atoms with Gasteiger partial charge >= 0.3 is 0 Å². The van der Waals surface area contributed by atoms with Crippen molar-refractivity contribution in [2.45, 2.75) is 69.6 Å². The molecule has 0 radical (unpaired) electrons. The molecule has 2 saturated carbocycles. The molecule has 1 aliphatic heterocycles. The third-order valence-electron chi connectivity index (χ3n) is 4.28. The molecule has 3 unspecified atom stereocenters. The molecule has 0 aromatic carbocycles. The minimum absolute atomic E-state index is 0.532. The second-order valence-corrected chi connectivity index (χ2v) is 5.56. The predicted molar refractivity (Wildman–Crippen MR) is 60.9 cm³/mol. The van der Waals surface area contributed by atoms with Gasteiger partial charge in [0.1, 0.15) is 0 Å². The Morgan fingerprint density at radius 3 is 2.40 bits per heavy atom. The van der Waals surface area contributed by atoms with E-state index in [0.717, 1.165) is 12.5 Å². The van der Waals surface area contributed by atoms with E-state index in [2.05, 4.69) is 5.32 Å². The van der Waals surface area contributed by atoms with Crippen molar-refractivity contribution in [1.82, 2.24) is 5.32 Å². The van der Waals surface area contributed by atoms with Crippen LogP contribution in [0.25, 0.3) is 0 Å². The topological polar surface area (TPSA) is 21.3 Å². The second-order valence-electron chi connectivity index (χ2n) is 5.56. The highest BCUT2D eigenvalue weighted by Gasteiger charge is 2.38. The van der Waals surface area contributed by atoms with Crippen LogP contribution in [0.4, 0.5) is 0 Å². The van der Waals surface area contributed by atoms with Gasteiger partial charge in [0.2, 0.25) is 0 Å². The SMILES string of the molecule is C1CCCC2OC(C3CC3)CNC2CC1. The molecule has 2 aliphatic carbocycles. The van der Waals surface area contributed by atoms with Crippen LogP contribution in [0.15, 0.2) is 0 Å². The van der Waals surface area contributed by atoms with Crippen LogP contribution in [0.5, 0.6) is 0 Å². The second kappa shape index (κ2) is 4.42. The molecule has 15 heavy (non-hydrogen) atoms. The Labute approximate surface area is 92.8 Å². The van der Waals surface area contributed by atoms with Gasteiger partial charge in [0.15, 0.2) is 0 Å². The quantitative estimate of drug-likeness (QED) is 0.716. The summed E-state index contributed by atoms with van der Waals surface area (Å²) in [5.41, 5.74) is 0. The van der Waals surface area contributed by atoms with E-state index in [1.165, 1.54) is 51.4 Å². The minimum atomic E-state index is 0.532. The van der Waals surface area contributed by atoms with Crippen molar-refractivity contribution in [1.29, 1.82) is 0 Å². The summed E-state index contributed by atoms with van der Waals surface area (Å²) in [6.45, 7) is 1.12. The fourth-order valence-electron chi connectivity index (χ4n) is 3.13. The zero-order valence-electron chi connectivity index (χ0n) is 9.58. The zero-order chi connectivity index (χ0) is 10.1. The van der Waals surface area contributed by atoms with Gasteiger partial charge < -0.3 is 10.1 Å². The van der Waals surface area contributed by atoms with Crippen LogP contribution in [0, 0.1) is 5.92 Å². The van der Waals surface area contributed by atoms with Crippen LogP contribution >= 0.6 is 0 Å². The molecule has 0 spiro atoms. The van der Waals surface area contributed by atoms with Crippen LogP contribution < -0.4 is 5.32 Å². The molecule has 0 aromatic rings. The number of hydrogen-bond acceptors (Lipinski definition) is 2. The van der Waals surface area contributed by atoms with Gasteiger partial charge in [-0.05, 0) is 31.6 Å². The van der Waals surface area contributed by atoms with Crippen LogP contribution in [-0.2, 0) is 4.74 Å². The summed E-state index contributed by atoms with van der Waals surface area (Å²) >= 11 is 0. The smallest absolute Gasteiger partial charge is 0.0732 e. The Morgan fingerprint density at radius 1 is 0.800 bits per heavy atom. The van der Waals surface area contributed by atoms with Gasteiger partial charge in [0.25, 0.3) is 0 Å². The first-order valence-electron chi connectivity index (χ1n) is 6.82. The average Bonchev–Trinajstić information content (AvgIpc) is 3.02. The summed E-state index contributed by atoms with van der Waals surface area (Å²) < 4.78 is 6.29. The molecule has 3 rings (SSSR count). The number of morpholine rings is 1. The van der Waals surface area contributed by atoms with Crippen molar-refractivity contribution in [3.05, 3.63) is 0 Å². The van der Waals surface area contributed by atoms with E-state index in [1.807, 2.05) is 0 Å². The monoisotopic (exact) mass is 209 g/mol. The summed E-state index contributed by atoms with van der Waals surface area (Å²) in [7, 11) is 0. The molecule has 1 heterocycles. The van der Waals surface area contributed by atoms with E-state index in [-0.39, 0.29) is 0 Å². The van der Waals surface area contributed by atoms with Gasteiger partial charge in [0, 0.05) is 12.6 Å². The summed E-state index contributed by atoms with van der Waals surface area (Å²) in [5, 5.41) is 3.74. The van der Waals surface area contributed by atoms with Gasteiger partial charge in [-0.3, -0.25) is 0 Å². The minimum Gasteiger partial charge on any atom is -0.372 e. The molecule has 1 saturated heterocycles. The van der Waals surface area contributed by atoms with Crippen molar-refractivity contribution < 1.29 is 4.74 Å². The van der Waals surface area contributed by atoms with Crippen molar-refractivity contribution in [3.8, 4) is 0 Å². The van der Waals surface area contributed by atoms with E-state index in [1.54, 1.807) is 0 Å². The van der Waals surface area contributed by atoms with Crippen LogP contribution in [0.1, 0.15) is 51.4 Å². The van der Waals surface area contributed by atoms with E-state index in [9.17, 15) is 0 Å². The summed E-state index contributed by atoms with van der Waals surface area (Å²) in [6, 6.07) is 0.667. The number of nitrogens with one attached hydrogen (secondary N) is 1. The third-order valence-corrected chi connectivity index (χ3v) is 4.28. The maximum atomic E-state index is 6.29. The van der Waals surface area contributed by atoms with Crippen LogP contribution in [0.3, 0.4) is 0 Å². The Hall–Kier alpha value is -0.0800. The first kappa shape index (κ1) is 10.1. The van der Waals surface area contributed by atoms with Crippen LogP contribution in [0.2, 0.25) is 0 Å². The molecule has 3 aliphatic rings. The maximum absolute atomic E-state index is 6.29. The summed E-state index contributed by atoms with van der Waals surface area (Å²) in [6.07, 6.45) is 12.1. The van der Waals surface area contributed by atoms with E-state index >= 15 is 0 Å². The molecular formula is C13H23NO. The normalized spacial score (nSPS) is 42.8. The largest absolute Gasteiger partial charge is 0.372 e. The van der Waals surface area contributed by atoms with Crippen molar-refractivity contribution in [2.24, 2.45) is 5.92 Å². The number of ether oxygens (including phenoxy) is 1. The van der Waals surface area contributed by atoms with Gasteiger partial charge in [-0.15, -0.1) is 0 Å². The molecule has 86 valence electrons. The maximum Gasteiger partial charge on any atom is 0.0732 e. The fourth-order valence-corrected chi connectivity index (χ4v) is 3.13. The first-order chi connectivity index (χ1) is 7.43. The van der Waals surface area contributed by atoms with Crippen LogP contribution in [-0.4, -0.2) is 24.8 Å². The molecule has 0 aromatic heterocycles. The number of fused-ring (bicyclic) bond motifs is 1. The fraction of sp³-hybridized carbons (Fsp3) is 1.00. The Kier molecular flexibility index (Phi) is 2.98. The van der Waals surface area contributed by atoms with Crippen molar-refractivity contribution in [2.75, 3.05) is 6.54 Å². The van der Waals surface area contributed by atoms with Gasteiger partial charge in [-0.25, -0.2) is 0 Å². The molecule has 2 heteroatoms. The molecule has 3 fully saturated rings. The summed E-state index contributed by atoms with van der Waals surface area (Å²) in [4.78, 5) is 0. The summed E-state index contributed by atoms with van der Waals surface area (Å²) in [5.74, 6) is 0.892. The predicted octanol–water partition coefficient (Wildman–Crippen LogP) is 2.48. The Balaban J connectivity index is 1.59. The van der Waals surface area contributed by atoms with E-state index in [0.29, 0.717) is 18.2 Å². The highest BCUT2D eigenvalue weighted by Crippen LogP contribution is 2.37. The molecule has 0 bridgehead atoms. The van der Waals surface area contributed by atoms with Gasteiger partial charge in [-0.1, -0.05) is 25.7 Å².